The number of aromatic nitrogens is 3. The molecule has 3 N–H and O–H groups in total. The summed E-state index contributed by atoms with van der Waals surface area (Å²) in [6, 6.07) is 1.98. The largest absolute Gasteiger partial charge is 0.340 e. The summed E-state index contributed by atoms with van der Waals surface area (Å²) < 4.78 is 0.954. The van der Waals surface area contributed by atoms with Crippen LogP contribution in [0.25, 0.3) is 11.2 Å². The average Bonchev–Trinajstić information content (AvgIpc) is 2.68. The smallest absolute Gasteiger partial charge is 0.177 e. The van der Waals surface area contributed by atoms with Gasteiger partial charge in [-0.05, 0) is 28.4 Å². The summed E-state index contributed by atoms with van der Waals surface area (Å²) in [5.74, 6) is 1.25. The molecular weight excluding hydrogens is 268 g/mol. The fourth-order valence-corrected chi connectivity index (χ4v) is 2.13. The number of aromatic amines is 1. The van der Waals surface area contributed by atoms with Crippen molar-refractivity contribution in [1.82, 2.24) is 15.0 Å². The predicted molar refractivity (Wildman–Crippen MR) is 68.3 cm³/mol. The van der Waals surface area contributed by atoms with Crippen molar-refractivity contribution < 1.29 is 0 Å². The molecule has 0 aliphatic rings. The zero-order valence-electron chi connectivity index (χ0n) is 9.20. The second-order valence-electron chi connectivity index (χ2n) is 3.87. The van der Waals surface area contributed by atoms with Gasteiger partial charge in [-0.3, -0.25) is 0 Å². The first-order valence-electron chi connectivity index (χ1n) is 5.45. The molecule has 0 saturated heterocycles. The number of nitrogens with two attached hydrogens (primary N) is 1. The third-order valence-corrected chi connectivity index (χ3v) is 3.06. The van der Waals surface area contributed by atoms with Gasteiger partial charge in [-0.2, -0.15) is 0 Å². The van der Waals surface area contributed by atoms with Crippen molar-refractivity contribution in [1.29, 1.82) is 0 Å². The molecule has 86 valence electrons. The highest BCUT2D eigenvalue weighted by Crippen LogP contribution is 2.21. The summed E-state index contributed by atoms with van der Waals surface area (Å²) in [7, 11) is 0. The van der Waals surface area contributed by atoms with E-state index in [9.17, 15) is 0 Å². The minimum absolute atomic E-state index is 0.304. The van der Waals surface area contributed by atoms with E-state index in [1.165, 1.54) is 0 Å². The predicted octanol–water partition coefficient (Wildman–Crippen LogP) is 2.56. The second-order valence-corrected chi connectivity index (χ2v) is 4.78. The van der Waals surface area contributed by atoms with Gasteiger partial charge in [0.1, 0.15) is 5.82 Å². The van der Waals surface area contributed by atoms with Crippen molar-refractivity contribution in [2.24, 2.45) is 5.73 Å². The molecule has 2 rings (SSSR count). The average molecular weight is 283 g/mol. The molecule has 1 atom stereocenters. The third-order valence-electron chi connectivity index (χ3n) is 2.63. The summed E-state index contributed by atoms with van der Waals surface area (Å²) in [6.45, 7) is 2.77. The molecular formula is C11H15BrN4. The number of H-pyrrole nitrogens is 1. The van der Waals surface area contributed by atoms with Crippen LogP contribution in [-0.4, -0.2) is 21.5 Å². The molecule has 0 bridgehead atoms. The molecule has 0 amide bonds. The molecule has 4 nitrogen and oxygen atoms in total. The molecule has 2 heterocycles. The van der Waals surface area contributed by atoms with Gasteiger partial charge in [-0.15, -0.1) is 0 Å². The number of imidazole rings is 1. The van der Waals surface area contributed by atoms with E-state index in [0.717, 1.165) is 34.3 Å². The molecule has 0 aliphatic carbocycles. The van der Waals surface area contributed by atoms with Crippen molar-refractivity contribution in [3.63, 3.8) is 0 Å². The van der Waals surface area contributed by atoms with Crippen LogP contribution in [0.1, 0.15) is 31.5 Å². The minimum atomic E-state index is 0.304. The second kappa shape index (κ2) is 4.93. The lowest BCUT2D eigenvalue weighted by Crippen LogP contribution is -2.13. The number of hydrogen-bond acceptors (Lipinski definition) is 3. The Balaban J connectivity index is 2.37. The quantitative estimate of drug-likeness (QED) is 0.906. The first-order chi connectivity index (χ1) is 7.74. The normalized spacial score (nSPS) is 13.2. The number of nitrogens with one attached hydrogen (secondary N) is 1. The Hall–Kier alpha value is -0.940. The Kier molecular flexibility index (Phi) is 3.56. The standard InChI is InChI=1S/C11H15BrN4/c1-2-3-7(5-13)10-15-9-4-8(12)6-14-11(9)16-10/h4,6-7H,2-3,5,13H2,1H3,(H,14,15,16). The van der Waals surface area contributed by atoms with Crippen LogP contribution in [0.5, 0.6) is 0 Å². The van der Waals surface area contributed by atoms with Crippen molar-refractivity contribution in [2.45, 2.75) is 25.7 Å². The van der Waals surface area contributed by atoms with Crippen molar-refractivity contribution in [2.75, 3.05) is 6.54 Å². The Morgan fingerprint density at radius 1 is 1.56 bits per heavy atom. The lowest BCUT2D eigenvalue weighted by atomic mass is 10.0. The van der Waals surface area contributed by atoms with E-state index in [-0.39, 0.29) is 0 Å². The van der Waals surface area contributed by atoms with E-state index in [1.54, 1.807) is 6.20 Å². The van der Waals surface area contributed by atoms with Crippen LogP contribution in [0.2, 0.25) is 0 Å². The van der Waals surface area contributed by atoms with Crippen molar-refractivity contribution in [3.8, 4) is 0 Å². The summed E-state index contributed by atoms with van der Waals surface area (Å²) in [5, 5.41) is 0. The summed E-state index contributed by atoms with van der Waals surface area (Å²) in [4.78, 5) is 12.0. The fourth-order valence-electron chi connectivity index (χ4n) is 1.80. The zero-order valence-corrected chi connectivity index (χ0v) is 10.8. The van der Waals surface area contributed by atoms with Crippen LogP contribution in [0.15, 0.2) is 16.7 Å². The first kappa shape index (κ1) is 11.5. The lowest BCUT2D eigenvalue weighted by Gasteiger charge is -2.09. The number of fused-ring (bicyclic) bond motifs is 1. The van der Waals surface area contributed by atoms with E-state index in [2.05, 4.69) is 37.8 Å². The van der Waals surface area contributed by atoms with Crippen LogP contribution < -0.4 is 5.73 Å². The maximum Gasteiger partial charge on any atom is 0.177 e. The molecule has 2 aromatic rings. The fraction of sp³-hybridized carbons (Fsp3) is 0.455. The number of halogens is 1. The van der Waals surface area contributed by atoms with Gasteiger partial charge in [0.05, 0.1) is 5.52 Å². The molecule has 2 aromatic heterocycles. The number of nitrogens with zero attached hydrogens (tertiary/aromatic N) is 2. The van der Waals surface area contributed by atoms with Crippen LogP contribution in [-0.2, 0) is 0 Å². The highest BCUT2D eigenvalue weighted by molar-refractivity contribution is 9.10. The molecule has 16 heavy (non-hydrogen) atoms. The maximum atomic E-state index is 5.75. The van der Waals surface area contributed by atoms with E-state index in [0.29, 0.717) is 12.5 Å². The van der Waals surface area contributed by atoms with Gasteiger partial charge in [0.2, 0.25) is 0 Å². The Morgan fingerprint density at radius 2 is 2.38 bits per heavy atom. The highest BCUT2D eigenvalue weighted by Gasteiger charge is 2.13. The summed E-state index contributed by atoms with van der Waals surface area (Å²) >= 11 is 3.39. The van der Waals surface area contributed by atoms with Gasteiger partial charge < -0.3 is 10.7 Å². The van der Waals surface area contributed by atoms with Gasteiger partial charge in [-0.25, -0.2) is 9.97 Å². The monoisotopic (exact) mass is 282 g/mol. The number of rotatable bonds is 4. The first-order valence-corrected chi connectivity index (χ1v) is 6.25. The van der Waals surface area contributed by atoms with Crippen molar-refractivity contribution in [3.05, 3.63) is 22.6 Å². The Bertz CT molecular complexity index is 480. The van der Waals surface area contributed by atoms with Crippen molar-refractivity contribution >= 4 is 27.1 Å². The number of pyridine rings is 1. The molecule has 0 fully saturated rings. The minimum Gasteiger partial charge on any atom is -0.340 e. The topological polar surface area (TPSA) is 67.6 Å². The van der Waals surface area contributed by atoms with Gasteiger partial charge in [0.15, 0.2) is 5.65 Å². The Morgan fingerprint density at radius 3 is 3.06 bits per heavy atom. The van der Waals surface area contributed by atoms with Gasteiger partial charge in [0.25, 0.3) is 0 Å². The zero-order chi connectivity index (χ0) is 11.5. The molecule has 0 spiro atoms. The third kappa shape index (κ3) is 2.25. The van der Waals surface area contributed by atoms with Gasteiger partial charge in [-0.1, -0.05) is 13.3 Å². The van der Waals surface area contributed by atoms with E-state index < -0.39 is 0 Å². The van der Waals surface area contributed by atoms with Crippen LogP contribution in [0.4, 0.5) is 0 Å². The molecule has 0 aromatic carbocycles. The number of hydrogen-bond donors (Lipinski definition) is 2. The van der Waals surface area contributed by atoms with Crippen LogP contribution >= 0.6 is 15.9 Å². The summed E-state index contributed by atoms with van der Waals surface area (Å²) in [5.41, 5.74) is 7.47. The maximum absolute atomic E-state index is 5.75. The highest BCUT2D eigenvalue weighted by atomic mass is 79.9. The SMILES string of the molecule is CCCC(CN)c1nc2ncc(Br)cc2[nH]1. The van der Waals surface area contributed by atoms with E-state index in [4.69, 9.17) is 5.73 Å². The van der Waals surface area contributed by atoms with Crippen LogP contribution in [0, 0.1) is 0 Å². The van der Waals surface area contributed by atoms with Gasteiger partial charge in [0, 0.05) is 23.1 Å². The molecule has 0 saturated carbocycles. The van der Waals surface area contributed by atoms with E-state index in [1.807, 2.05) is 6.07 Å². The van der Waals surface area contributed by atoms with E-state index >= 15 is 0 Å². The molecule has 0 radical (unpaired) electrons. The molecule has 1 unspecified atom stereocenters. The van der Waals surface area contributed by atoms with Gasteiger partial charge >= 0.3 is 0 Å². The van der Waals surface area contributed by atoms with Crippen LogP contribution in [0.3, 0.4) is 0 Å². The Labute approximate surface area is 103 Å². The molecule has 0 aliphatic heterocycles. The lowest BCUT2D eigenvalue weighted by molar-refractivity contribution is 0.596. The molecule has 5 heteroatoms. The summed E-state index contributed by atoms with van der Waals surface area (Å²) in [6.07, 6.45) is 3.91.